The Hall–Kier alpha value is -1.39. The summed E-state index contributed by atoms with van der Waals surface area (Å²) in [5.74, 6) is 0. The fraction of sp³-hybridized carbons (Fsp3) is 0.467. The first-order chi connectivity index (χ1) is 9.70. The zero-order valence-electron chi connectivity index (χ0n) is 11.2. The number of benzene rings is 1. The number of aliphatic hydroxyl groups is 1. The van der Waals surface area contributed by atoms with Crippen LogP contribution < -0.4 is 0 Å². The second-order valence-corrected chi connectivity index (χ2v) is 5.86. The minimum Gasteiger partial charge on any atom is -0.383 e. The Labute approximate surface area is 123 Å². The molecule has 1 aliphatic rings. The fourth-order valence-electron chi connectivity index (χ4n) is 3.12. The van der Waals surface area contributed by atoms with Gasteiger partial charge in [-0.1, -0.05) is 43.0 Å². The molecule has 2 aromatic rings. The highest BCUT2D eigenvalue weighted by Crippen LogP contribution is 2.43. The van der Waals surface area contributed by atoms with E-state index in [4.69, 9.17) is 11.6 Å². The van der Waals surface area contributed by atoms with Gasteiger partial charge in [0.1, 0.15) is 18.3 Å². The van der Waals surface area contributed by atoms with Gasteiger partial charge in [-0.2, -0.15) is 5.10 Å². The van der Waals surface area contributed by atoms with Crippen molar-refractivity contribution in [3.05, 3.63) is 47.5 Å². The molecule has 4 nitrogen and oxygen atoms in total. The van der Waals surface area contributed by atoms with Gasteiger partial charge < -0.3 is 5.11 Å². The molecule has 1 aromatic carbocycles. The number of hydrogen-bond donors (Lipinski definition) is 1. The van der Waals surface area contributed by atoms with Gasteiger partial charge in [0.25, 0.3) is 0 Å². The molecule has 0 aliphatic heterocycles. The van der Waals surface area contributed by atoms with Gasteiger partial charge in [0.15, 0.2) is 0 Å². The molecule has 106 valence electrons. The third-order valence-electron chi connectivity index (χ3n) is 4.19. The minimum atomic E-state index is -0.908. The number of rotatable bonds is 2. The molecule has 0 bridgehead atoms. The van der Waals surface area contributed by atoms with E-state index in [0.29, 0.717) is 5.02 Å². The summed E-state index contributed by atoms with van der Waals surface area (Å²) in [6.07, 6.45) is 8.11. The Morgan fingerprint density at radius 2 is 2.00 bits per heavy atom. The van der Waals surface area contributed by atoms with E-state index in [2.05, 4.69) is 10.1 Å². The van der Waals surface area contributed by atoms with Gasteiger partial charge in [0.05, 0.1) is 6.04 Å². The lowest BCUT2D eigenvalue weighted by molar-refractivity contribution is -0.0286. The molecule has 1 aromatic heterocycles. The van der Waals surface area contributed by atoms with Crippen LogP contribution in [0.15, 0.2) is 36.9 Å². The second kappa shape index (κ2) is 5.54. The van der Waals surface area contributed by atoms with Crippen molar-refractivity contribution >= 4 is 11.6 Å². The van der Waals surface area contributed by atoms with Gasteiger partial charge >= 0.3 is 0 Å². The number of aromatic nitrogens is 3. The molecule has 3 rings (SSSR count). The topological polar surface area (TPSA) is 50.9 Å². The third-order valence-corrected chi connectivity index (χ3v) is 4.44. The van der Waals surface area contributed by atoms with Crippen LogP contribution in [0.2, 0.25) is 5.02 Å². The summed E-state index contributed by atoms with van der Waals surface area (Å²) < 4.78 is 1.79. The summed E-state index contributed by atoms with van der Waals surface area (Å²) >= 11 is 5.95. The fourth-order valence-corrected chi connectivity index (χ4v) is 3.24. The van der Waals surface area contributed by atoms with Gasteiger partial charge in [0.2, 0.25) is 0 Å². The molecular formula is C15H18ClN3O. The largest absolute Gasteiger partial charge is 0.383 e. The summed E-state index contributed by atoms with van der Waals surface area (Å²) in [6, 6.07) is 7.42. The van der Waals surface area contributed by atoms with E-state index in [1.54, 1.807) is 11.0 Å². The van der Waals surface area contributed by atoms with Crippen molar-refractivity contribution in [3.8, 4) is 0 Å². The first-order valence-corrected chi connectivity index (χ1v) is 7.40. The Bertz CT molecular complexity index is 555. The van der Waals surface area contributed by atoms with Crippen molar-refractivity contribution in [3.63, 3.8) is 0 Å². The van der Waals surface area contributed by atoms with E-state index >= 15 is 0 Å². The molecule has 1 saturated carbocycles. The molecule has 20 heavy (non-hydrogen) atoms. The van der Waals surface area contributed by atoms with E-state index in [9.17, 15) is 5.11 Å². The van der Waals surface area contributed by atoms with Crippen LogP contribution in [-0.4, -0.2) is 19.9 Å². The Morgan fingerprint density at radius 1 is 1.20 bits per heavy atom. The normalized spacial score (nSPS) is 27.2. The molecular weight excluding hydrogens is 274 g/mol. The molecule has 0 radical (unpaired) electrons. The summed E-state index contributed by atoms with van der Waals surface area (Å²) in [6.45, 7) is 0. The van der Waals surface area contributed by atoms with Crippen LogP contribution in [0.25, 0.3) is 0 Å². The first-order valence-electron chi connectivity index (χ1n) is 7.03. The van der Waals surface area contributed by atoms with E-state index in [1.165, 1.54) is 6.33 Å². The van der Waals surface area contributed by atoms with Gasteiger partial charge in [-0.05, 0) is 30.5 Å². The predicted octanol–water partition coefficient (Wildman–Crippen LogP) is 3.32. The standard InChI is InChI=1S/C15H18ClN3O/c16-13-7-5-12(6-8-13)15(20)9-3-1-2-4-14(15)19-11-17-10-18-19/h5-8,10-11,14,20H,1-4,9H2/t14-,15+/m1/s1. The summed E-state index contributed by atoms with van der Waals surface area (Å²) in [7, 11) is 0. The van der Waals surface area contributed by atoms with Crippen LogP contribution in [0.4, 0.5) is 0 Å². The monoisotopic (exact) mass is 291 g/mol. The average molecular weight is 292 g/mol. The van der Waals surface area contributed by atoms with Crippen molar-refractivity contribution in [2.24, 2.45) is 0 Å². The number of halogens is 1. The molecule has 0 spiro atoms. The van der Waals surface area contributed by atoms with Crippen molar-refractivity contribution in [2.75, 3.05) is 0 Å². The third kappa shape index (κ3) is 2.45. The lowest BCUT2D eigenvalue weighted by Gasteiger charge is -2.35. The van der Waals surface area contributed by atoms with Crippen LogP contribution in [0.5, 0.6) is 0 Å². The van der Waals surface area contributed by atoms with Crippen LogP contribution in [0.1, 0.15) is 43.7 Å². The SMILES string of the molecule is O[C@]1(c2ccc(Cl)cc2)CCCCC[C@H]1n1cncn1. The van der Waals surface area contributed by atoms with Crippen LogP contribution >= 0.6 is 11.6 Å². The van der Waals surface area contributed by atoms with Crippen LogP contribution in [0.3, 0.4) is 0 Å². The van der Waals surface area contributed by atoms with E-state index in [0.717, 1.165) is 37.7 Å². The second-order valence-electron chi connectivity index (χ2n) is 5.42. The highest BCUT2D eigenvalue weighted by Gasteiger charge is 2.40. The Morgan fingerprint density at radius 3 is 2.70 bits per heavy atom. The van der Waals surface area contributed by atoms with Crippen molar-refractivity contribution in [1.82, 2.24) is 14.8 Å². The maximum atomic E-state index is 11.3. The number of hydrogen-bond acceptors (Lipinski definition) is 3. The quantitative estimate of drug-likeness (QED) is 0.864. The summed E-state index contributed by atoms with van der Waals surface area (Å²) in [5.41, 5.74) is -0.00119. The molecule has 1 heterocycles. The molecule has 5 heteroatoms. The maximum absolute atomic E-state index is 11.3. The maximum Gasteiger partial charge on any atom is 0.137 e. The molecule has 0 unspecified atom stereocenters. The molecule has 1 fully saturated rings. The van der Waals surface area contributed by atoms with Crippen molar-refractivity contribution in [2.45, 2.75) is 43.7 Å². The zero-order valence-corrected chi connectivity index (χ0v) is 12.0. The number of nitrogens with zero attached hydrogens (tertiary/aromatic N) is 3. The van der Waals surface area contributed by atoms with Crippen molar-refractivity contribution < 1.29 is 5.11 Å². The summed E-state index contributed by atoms with van der Waals surface area (Å²) in [5, 5.41) is 16.2. The Kier molecular flexibility index (Phi) is 3.76. The molecule has 2 atom stereocenters. The van der Waals surface area contributed by atoms with Crippen LogP contribution in [0, 0.1) is 0 Å². The molecule has 0 saturated heterocycles. The predicted molar refractivity (Wildman–Crippen MR) is 77.5 cm³/mol. The van der Waals surface area contributed by atoms with E-state index < -0.39 is 5.60 Å². The smallest absolute Gasteiger partial charge is 0.137 e. The lowest BCUT2D eigenvalue weighted by atomic mass is 9.82. The van der Waals surface area contributed by atoms with Gasteiger partial charge in [0, 0.05) is 5.02 Å². The highest BCUT2D eigenvalue weighted by atomic mass is 35.5. The molecule has 1 aliphatic carbocycles. The zero-order chi connectivity index (χ0) is 14.0. The van der Waals surface area contributed by atoms with E-state index in [1.807, 2.05) is 24.3 Å². The molecule has 0 amide bonds. The van der Waals surface area contributed by atoms with Gasteiger partial charge in [-0.3, -0.25) is 0 Å². The van der Waals surface area contributed by atoms with E-state index in [-0.39, 0.29) is 6.04 Å². The average Bonchev–Trinajstić information content (AvgIpc) is 2.90. The Balaban J connectivity index is 2.02. The van der Waals surface area contributed by atoms with Crippen molar-refractivity contribution in [1.29, 1.82) is 0 Å². The minimum absolute atomic E-state index is 0.0753. The molecule has 1 N–H and O–H groups in total. The van der Waals surface area contributed by atoms with Gasteiger partial charge in [-0.15, -0.1) is 0 Å². The first kappa shape index (κ1) is 13.6. The summed E-state index contributed by atoms with van der Waals surface area (Å²) in [4.78, 5) is 4.02. The van der Waals surface area contributed by atoms with Gasteiger partial charge in [-0.25, -0.2) is 9.67 Å². The highest BCUT2D eigenvalue weighted by molar-refractivity contribution is 6.30. The van der Waals surface area contributed by atoms with Crippen LogP contribution in [-0.2, 0) is 5.60 Å². The lowest BCUT2D eigenvalue weighted by Crippen LogP contribution is -2.36.